The molecule has 1 aromatic carbocycles. The van der Waals surface area contributed by atoms with E-state index >= 15 is 0 Å². The quantitative estimate of drug-likeness (QED) is 0.811. The number of benzene rings is 1. The molecule has 0 aliphatic heterocycles. The van der Waals surface area contributed by atoms with E-state index in [1.807, 2.05) is 0 Å². The summed E-state index contributed by atoms with van der Waals surface area (Å²) in [7, 11) is 0. The molecule has 0 radical (unpaired) electrons. The zero-order valence-electron chi connectivity index (χ0n) is 12.0. The van der Waals surface area contributed by atoms with Gasteiger partial charge in [-0.1, -0.05) is 11.6 Å². The molecule has 0 bridgehead atoms. The van der Waals surface area contributed by atoms with E-state index in [2.05, 4.69) is 10.6 Å². The average Bonchev–Trinajstić information content (AvgIpc) is 2.40. The Balaban J connectivity index is 2.52. The third-order valence-corrected chi connectivity index (χ3v) is 2.80. The first-order chi connectivity index (χ1) is 9.79. The van der Waals surface area contributed by atoms with Gasteiger partial charge in [-0.25, -0.2) is 4.79 Å². The number of ether oxygens (including phenoxy) is 1. The molecule has 0 heterocycles. The minimum atomic E-state index is -0.982. The predicted molar refractivity (Wildman–Crippen MR) is 78.9 cm³/mol. The van der Waals surface area contributed by atoms with Gasteiger partial charge in [0.15, 0.2) is 6.10 Å². The normalized spacial score (nSPS) is 13.0. The maximum absolute atomic E-state index is 11.9. The van der Waals surface area contributed by atoms with Crippen LogP contribution in [-0.4, -0.2) is 29.9 Å². The van der Waals surface area contributed by atoms with Crippen LogP contribution in [0.5, 0.6) is 0 Å². The molecule has 2 amide bonds. The zero-order valence-corrected chi connectivity index (χ0v) is 12.7. The van der Waals surface area contributed by atoms with Gasteiger partial charge in [-0.05, 0) is 38.1 Å². The smallest absolute Gasteiger partial charge is 0.329 e. The summed E-state index contributed by atoms with van der Waals surface area (Å²) in [6.07, 6.45) is -0.982. The lowest BCUT2D eigenvalue weighted by Gasteiger charge is -2.17. The van der Waals surface area contributed by atoms with Crippen molar-refractivity contribution in [2.24, 2.45) is 0 Å². The first-order valence-corrected chi connectivity index (χ1v) is 6.71. The summed E-state index contributed by atoms with van der Waals surface area (Å²) in [5.41, 5.74) is 0.544. The number of halogens is 1. The molecule has 0 aromatic heterocycles. The number of nitrogens with one attached hydrogen (secondary N) is 2. The Labute approximate surface area is 127 Å². The molecule has 114 valence electrons. The van der Waals surface area contributed by atoms with E-state index in [0.29, 0.717) is 10.7 Å². The Kier molecular flexibility index (Phi) is 6.17. The number of carbonyl (C=O) groups excluding carboxylic acids is 3. The van der Waals surface area contributed by atoms with Gasteiger partial charge in [0.2, 0.25) is 5.91 Å². The van der Waals surface area contributed by atoms with Gasteiger partial charge in [-0.15, -0.1) is 0 Å². The van der Waals surface area contributed by atoms with Crippen LogP contribution in [0.4, 0.5) is 5.69 Å². The van der Waals surface area contributed by atoms with Gasteiger partial charge < -0.3 is 15.4 Å². The highest BCUT2D eigenvalue weighted by Gasteiger charge is 2.22. The number of rotatable bonds is 5. The highest BCUT2D eigenvalue weighted by Crippen LogP contribution is 2.13. The Morgan fingerprint density at radius 1 is 1.14 bits per heavy atom. The second-order valence-corrected chi connectivity index (χ2v) is 4.93. The van der Waals surface area contributed by atoms with Crippen LogP contribution >= 0.6 is 11.6 Å². The lowest BCUT2D eigenvalue weighted by atomic mass is 10.3. The van der Waals surface area contributed by atoms with Crippen molar-refractivity contribution in [2.45, 2.75) is 32.9 Å². The summed E-state index contributed by atoms with van der Waals surface area (Å²) in [4.78, 5) is 34.4. The van der Waals surface area contributed by atoms with Gasteiger partial charge in [-0.3, -0.25) is 9.59 Å². The van der Waals surface area contributed by atoms with Crippen LogP contribution in [0.1, 0.15) is 20.8 Å². The third-order valence-electron chi connectivity index (χ3n) is 2.55. The first kappa shape index (κ1) is 17.0. The minimum absolute atomic E-state index is 0.349. The predicted octanol–water partition coefficient (Wildman–Crippen LogP) is 1.73. The Morgan fingerprint density at radius 2 is 1.71 bits per heavy atom. The fourth-order valence-corrected chi connectivity index (χ4v) is 1.60. The van der Waals surface area contributed by atoms with Crippen molar-refractivity contribution in [1.82, 2.24) is 5.32 Å². The van der Waals surface area contributed by atoms with Crippen LogP contribution in [0, 0.1) is 0 Å². The van der Waals surface area contributed by atoms with Crippen LogP contribution in [0.3, 0.4) is 0 Å². The largest absolute Gasteiger partial charge is 0.451 e. The molecule has 2 N–H and O–H groups in total. The van der Waals surface area contributed by atoms with Gasteiger partial charge >= 0.3 is 5.97 Å². The SMILES string of the molecule is CC(=O)N[C@@H](C)C(=O)OC(C)C(=O)Nc1ccc(Cl)cc1. The van der Waals surface area contributed by atoms with E-state index in [1.54, 1.807) is 24.3 Å². The van der Waals surface area contributed by atoms with Crippen molar-refractivity contribution in [3.05, 3.63) is 29.3 Å². The van der Waals surface area contributed by atoms with Crippen molar-refractivity contribution in [3.8, 4) is 0 Å². The molecule has 0 saturated heterocycles. The maximum Gasteiger partial charge on any atom is 0.329 e. The molecule has 7 heteroatoms. The molecule has 0 saturated carbocycles. The van der Waals surface area contributed by atoms with Crippen molar-refractivity contribution in [3.63, 3.8) is 0 Å². The van der Waals surface area contributed by atoms with Crippen molar-refractivity contribution in [1.29, 1.82) is 0 Å². The van der Waals surface area contributed by atoms with Crippen LogP contribution in [0.25, 0.3) is 0 Å². The van der Waals surface area contributed by atoms with Gasteiger partial charge in [0, 0.05) is 17.6 Å². The average molecular weight is 313 g/mol. The summed E-state index contributed by atoms with van der Waals surface area (Å²) in [5, 5.41) is 5.53. The Bertz CT molecular complexity index is 530. The lowest BCUT2D eigenvalue weighted by Crippen LogP contribution is -2.41. The molecule has 1 unspecified atom stereocenters. The third kappa shape index (κ3) is 5.83. The highest BCUT2D eigenvalue weighted by atomic mass is 35.5. The Hall–Kier alpha value is -2.08. The molecule has 21 heavy (non-hydrogen) atoms. The number of hydrogen-bond donors (Lipinski definition) is 2. The van der Waals surface area contributed by atoms with Gasteiger partial charge in [0.05, 0.1) is 0 Å². The molecule has 0 aliphatic rings. The molecule has 1 rings (SSSR count). The molecule has 1 aromatic rings. The summed E-state index contributed by atoms with van der Waals surface area (Å²) in [6, 6.07) is 5.72. The van der Waals surface area contributed by atoms with Crippen molar-refractivity contribution >= 4 is 35.1 Å². The molecular formula is C14H17ClN2O4. The molecule has 0 fully saturated rings. The zero-order chi connectivity index (χ0) is 16.0. The number of esters is 1. The fraction of sp³-hybridized carbons (Fsp3) is 0.357. The number of anilines is 1. The number of amides is 2. The second kappa shape index (κ2) is 7.64. The standard InChI is InChI=1S/C14H17ClN2O4/c1-8(16-10(3)18)14(20)21-9(2)13(19)17-12-6-4-11(15)5-7-12/h4-9H,1-3H3,(H,16,18)(H,17,19)/t8-,9?/m0/s1. The fourth-order valence-electron chi connectivity index (χ4n) is 1.47. The van der Waals surface area contributed by atoms with E-state index in [9.17, 15) is 14.4 Å². The van der Waals surface area contributed by atoms with Crippen LogP contribution in [0.2, 0.25) is 5.02 Å². The molecule has 6 nitrogen and oxygen atoms in total. The van der Waals surface area contributed by atoms with Crippen LogP contribution in [-0.2, 0) is 19.1 Å². The summed E-state index contributed by atoms with van der Waals surface area (Å²) in [5.74, 6) is -1.50. The summed E-state index contributed by atoms with van der Waals surface area (Å²) < 4.78 is 4.98. The maximum atomic E-state index is 11.9. The van der Waals surface area contributed by atoms with Gasteiger partial charge in [0.1, 0.15) is 6.04 Å². The first-order valence-electron chi connectivity index (χ1n) is 6.33. The van der Waals surface area contributed by atoms with Gasteiger partial charge in [-0.2, -0.15) is 0 Å². The monoisotopic (exact) mass is 312 g/mol. The van der Waals surface area contributed by atoms with Crippen molar-refractivity contribution < 1.29 is 19.1 Å². The molecule has 2 atom stereocenters. The van der Waals surface area contributed by atoms with E-state index < -0.39 is 24.0 Å². The topological polar surface area (TPSA) is 84.5 Å². The summed E-state index contributed by atoms with van der Waals surface area (Å²) in [6.45, 7) is 4.22. The van der Waals surface area contributed by atoms with Crippen molar-refractivity contribution in [2.75, 3.05) is 5.32 Å². The Morgan fingerprint density at radius 3 is 2.24 bits per heavy atom. The minimum Gasteiger partial charge on any atom is -0.451 e. The lowest BCUT2D eigenvalue weighted by molar-refractivity contribution is -0.155. The summed E-state index contributed by atoms with van der Waals surface area (Å²) >= 11 is 5.74. The van der Waals surface area contributed by atoms with E-state index in [4.69, 9.17) is 16.3 Å². The molecule has 0 spiro atoms. The van der Waals surface area contributed by atoms with Crippen LogP contribution < -0.4 is 10.6 Å². The van der Waals surface area contributed by atoms with E-state index in [0.717, 1.165) is 0 Å². The number of carbonyl (C=O) groups is 3. The molecule has 0 aliphatic carbocycles. The number of hydrogen-bond acceptors (Lipinski definition) is 4. The van der Waals surface area contributed by atoms with E-state index in [-0.39, 0.29) is 5.91 Å². The highest BCUT2D eigenvalue weighted by molar-refractivity contribution is 6.30. The van der Waals surface area contributed by atoms with E-state index in [1.165, 1.54) is 20.8 Å². The van der Waals surface area contributed by atoms with Crippen LogP contribution in [0.15, 0.2) is 24.3 Å². The second-order valence-electron chi connectivity index (χ2n) is 4.50. The van der Waals surface area contributed by atoms with Gasteiger partial charge in [0.25, 0.3) is 5.91 Å². The molecular weight excluding hydrogens is 296 g/mol.